The molecule has 1 aliphatic heterocycles. The molecule has 0 saturated carbocycles. The monoisotopic (exact) mass is 322 g/mol. The third-order valence-corrected chi connectivity index (χ3v) is 4.87. The molecule has 0 aliphatic carbocycles. The molecule has 1 aromatic heterocycles. The maximum Gasteiger partial charge on any atom is 0.223 e. The molecular formula is C13H20Cl2N2OS. The van der Waals surface area contributed by atoms with Crippen LogP contribution in [0.15, 0.2) is 11.4 Å². The summed E-state index contributed by atoms with van der Waals surface area (Å²) in [7, 11) is 0. The molecule has 2 rings (SSSR count). The Balaban J connectivity index is 0.00000180. The minimum atomic E-state index is 0. The number of halogens is 2. The minimum absolute atomic E-state index is 0. The van der Waals surface area contributed by atoms with E-state index in [-0.39, 0.29) is 18.3 Å². The van der Waals surface area contributed by atoms with Gasteiger partial charge in [-0.1, -0.05) is 11.6 Å². The largest absolute Gasteiger partial charge is 0.340 e. The minimum Gasteiger partial charge on any atom is -0.340 e. The Morgan fingerprint density at radius 3 is 2.89 bits per heavy atom. The zero-order valence-corrected chi connectivity index (χ0v) is 13.4. The Hall–Kier alpha value is -0.290. The topological polar surface area (TPSA) is 46.3 Å². The Labute approximate surface area is 129 Å². The van der Waals surface area contributed by atoms with Crippen LogP contribution in [0.1, 0.15) is 24.6 Å². The fraction of sp³-hybridized carbons (Fsp3) is 0.615. The van der Waals surface area contributed by atoms with Gasteiger partial charge in [-0.15, -0.1) is 23.7 Å². The number of likely N-dealkylation sites (tertiary alicyclic amines) is 1. The Kier molecular flexibility index (Phi) is 6.60. The van der Waals surface area contributed by atoms with Gasteiger partial charge in [0.25, 0.3) is 0 Å². The van der Waals surface area contributed by atoms with Gasteiger partial charge in [0.1, 0.15) is 0 Å². The lowest BCUT2D eigenvalue weighted by Gasteiger charge is -2.21. The number of carbonyl (C=O) groups excluding carboxylic acids is 1. The number of amides is 1. The van der Waals surface area contributed by atoms with Crippen molar-refractivity contribution in [2.24, 2.45) is 11.7 Å². The van der Waals surface area contributed by atoms with Gasteiger partial charge in [0.15, 0.2) is 0 Å². The number of hydrogen-bond acceptors (Lipinski definition) is 3. The molecule has 1 aliphatic rings. The highest BCUT2D eigenvalue weighted by Gasteiger charge is 2.31. The summed E-state index contributed by atoms with van der Waals surface area (Å²) in [5.74, 6) is 0.711. The molecule has 0 spiro atoms. The van der Waals surface area contributed by atoms with Crippen LogP contribution in [0, 0.1) is 5.92 Å². The number of nitrogens with zero attached hydrogens (tertiary/aromatic N) is 1. The third kappa shape index (κ3) is 4.35. The summed E-state index contributed by atoms with van der Waals surface area (Å²) in [5.41, 5.74) is 5.68. The fourth-order valence-electron chi connectivity index (χ4n) is 2.52. The Bertz CT molecular complexity index is 425. The van der Waals surface area contributed by atoms with Crippen molar-refractivity contribution in [3.63, 3.8) is 0 Å². The first-order chi connectivity index (χ1) is 8.60. The summed E-state index contributed by atoms with van der Waals surface area (Å²) in [6.07, 6.45) is 2.39. The van der Waals surface area contributed by atoms with Crippen LogP contribution in [0.5, 0.6) is 0 Å². The molecule has 0 aromatic carbocycles. The summed E-state index contributed by atoms with van der Waals surface area (Å²) >= 11 is 7.48. The van der Waals surface area contributed by atoms with E-state index in [1.165, 1.54) is 4.88 Å². The van der Waals surface area contributed by atoms with Gasteiger partial charge < -0.3 is 10.6 Å². The lowest BCUT2D eigenvalue weighted by molar-refractivity contribution is -0.131. The average molecular weight is 323 g/mol. The van der Waals surface area contributed by atoms with E-state index in [1.54, 1.807) is 11.3 Å². The third-order valence-electron chi connectivity index (χ3n) is 3.52. The molecule has 0 bridgehead atoms. The van der Waals surface area contributed by atoms with Crippen LogP contribution in [0.3, 0.4) is 0 Å². The number of thiophene rings is 1. The summed E-state index contributed by atoms with van der Waals surface area (Å²) in [5, 5.41) is 2.67. The van der Waals surface area contributed by atoms with E-state index in [0.717, 1.165) is 24.4 Å². The molecule has 1 fully saturated rings. The predicted molar refractivity (Wildman–Crippen MR) is 83.2 cm³/mol. The maximum absolute atomic E-state index is 12.2. The number of carbonyl (C=O) groups is 1. The predicted octanol–water partition coefficient (Wildman–Crippen LogP) is 2.95. The summed E-state index contributed by atoms with van der Waals surface area (Å²) in [4.78, 5) is 15.3. The summed E-state index contributed by atoms with van der Waals surface area (Å²) < 4.78 is 0. The van der Waals surface area contributed by atoms with Crippen molar-refractivity contribution < 1.29 is 4.79 Å². The lowest BCUT2D eigenvalue weighted by atomic mass is 10.1. The molecule has 1 amide bonds. The van der Waals surface area contributed by atoms with Crippen LogP contribution in [-0.4, -0.2) is 29.9 Å². The smallest absolute Gasteiger partial charge is 0.223 e. The number of hydrogen-bond donors (Lipinski definition) is 1. The molecule has 1 saturated heterocycles. The first kappa shape index (κ1) is 16.8. The van der Waals surface area contributed by atoms with Gasteiger partial charge in [-0.2, -0.15) is 0 Å². The molecule has 0 radical (unpaired) electrons. The quantitative estimate of drug-likeness (QED) is 0.926. The standard InChI is InChI=1S/C13H19ClN2OS.ClH/c1-9-4-10(6-15)7-16(9)13(17)3-2-12-5-11(14)8-18-12;/h5,8-10H,2-4,6-7,15H2,1H3;1H. The highest BCUT2D eigenvalue weighted by Crippen LogP contribution is 2.24. The van der Waals surface area contributed by atoms with E-state index in [1.807, 2.05) is 16.3 Å². The molecule has 6 heteroatoms. The van der Waals surface area contributed by atoms with Crippen molar-refractivity contribution in [1.29, 1.82) is 0 Å². The molecule has 2 unspecified atom stereocenters. The van der Waals surface area contributed by atoms with Gasteiger partial charge >= 0.3 is 0 Å². The average Bonchev–Trinajstić information content (AvgIpc) is 2.92. The van der Waals surface area contributed by atoms with E-state index < -0.39 is 0 Å². The zero-order chi connectivity index (χ0) is 13.1. The number of rotatable bonds is 4. The summed E-state index contributed by atoms with van der Waals surface area (Å²) in [6.45, 7) is 3.60. The molecule has 2 heterocycles. The van der Waals surface area contributed by atoms with Crippen LogP contribution >= 0.6 is 35.3 Å². The second-order valence-electron chi connectivity index (χ2n) is 4.96. The molecular weight excluding hydrogens is 303 g/mol. The first-order valence-corrected chi connectivity index (χ1v) is 7.58. The SMILES string of the molecule is CC1CC(CN)CN1C(=O)CCc1cc(Cl)cs1.Cl. The zero-order valence-electron chi connectivity index (χ0n) is 11.0. The van der Waals surface area contributed by atoms with Crippen molar-refractivity contribution >= 4 is 41.3 Å². The van der Waals surface area contributed by atoms with Crippen molar-refractivity contribution in [3.8, 4) is 0 Å². The van der Waals surface area contributed by atoms with Crippen LogP contribution in [0.25, 0.3) is 0 Å². The van der Waals surface area contributed by atoms with Crippen molar-refractivity contribution in [2.75, 3.05) is 13.1 Å². The molecule has 3 nitrogen and oxygen atoms in total. The Morgan fingerprint density at radius 2 is 2.37 bits per heavy atom. The lowest BCUT2D eigenvalue weighted by Crippen LogP contribution is -2.34. The molecule has 19 heavy (non-hydrogen) atoms. The first-order valence-electron chi connectivity index (χ1n) is 6.32. The molecule has 2 N–H and O–H groups in total. The number of aryl methyl sites for hydroxylation is 1. The van der Waals surface area contributed by atoms with Gasteiger partial charge in [0, 0.05) is 29.3 Å². The van der Waals surface area contributed by atoms with Crippen LogP contribution in [0.2, 0.25) is 5.02 Å². The van der Waals surface area contributed by atoms with E-state index >= 15 is 0 Å². The fourth-order valence-corrected chi connectivity index (χ4v) is 3.60. The van der Waals surface area contributed by atoms with Gasteiger partial charge in [0.2, 0.25) is 5.91 Å². The van der Waals surface area contributed by atoms with E-state index in [4.69, 9.17) is 17.3 Å². The van der Waals surface area contributed by atoms with Crippen molar-refractivity contribution in [3.05, 3.63) is 21.3 Å². The van der Waals surface area contributed by atoms with Gasteiger partial charge in [-0.05, 0) is 38.3 Å². The highest BCUT2D eigenvalue weighted by molar-refractivity contribution is 7.10. The van der Waals surface area contributed by atoms with E-state index in [0.29, 0.717) is 24.9 Å². The normalized spacial score (nSPS) is 22.4. The second kappa shape index (κ2) is 7.48. The molecule has 1 aromatic rings. The van der Waals surface area contributed by atoms with Gasteiger partial charge in [0.05, 0.1) is 5.02 Å². The van der Waals surface area contributed by atoms with Crippen LogP contribution < -0.4 is 5.73 Å². The van der Waals surface area contributed by atoms with Crippen LogP contribution in [-0.2, 0) is 11.2 Å². The molecule has 108 valence electrons. The van der Waals surface area contributed by atoms with Gasteiger partial charge in [-0.25, -0.2) is 0 Å². The number of nitrogens with two attached hydrogens (primary N) is 1. The van der Waals surface area contributed by atoms with Gasteiger partial charge in [-0.3, -0.25) is 4.79 Å². The van der Waals surface area contributed by atoms with Crippen molar-refractivity contribution in [1.82, 2.24) is 4.90 Å². The Morgan fingerprint density at radius 1 is 1.63 bits per heavy atom. The maximum atomic E-state index is 12.2. The molecule has 2 atom stereocenters. The van der Waals surface area contributed by atoms with Crippen molar-refractivity contribution in [2.45, 2.75) is 32.2 Å². The highest BCUT2D eigenvalue weighted by atomic mass is 35.5. The van der Waals surface area contributed by atoms with E-state index in [9.17, 15) is 4.79 Å². The van der Waals surface area contributed by atoms with Crippen LogP contribution in [0.4, 0.5) is 0 Å². The second-order valence-corrected chi connectivity index (χ2v) is 6.40. The summed E-state index contributed by atoms with van der Waals surface area (Å²) in [6, 6.07) is 2.27. The van der Waals surface area contributed by atoms with E-state index in [2.05, 4.69) is 6.92 Å².